The lowest BCUT2D eigenvalue weighted by atomic mass is 10.1. The molecule has 0 unspecified atom stereocenters. The van der Waals surface area contributed by atoms with E-state index in [1.54, 1.807) is 67.2 Å². The van der Waals surface area contributed by atoms with Crippen LogP contribution in [0.25, 0.3) is 0 Å². The van der Waals surface area contributed by atoms with Crippen LogP contribution in [0.5, 0.6) is 11.5 Å². The molecule has 0 fully saturated rings. The van der Waals surface area contributed by atoms with Gasteiger partial charge in [-0.1, -0.05) is 25.6 Å². The van der Waals surface area contributed by atoms with Crippen molar-refractivity contribution in [3.8, 4) is 11.5 Å². The van der Waals surface area contributed by atoms with E-state index in [0.29, 0.717) is 34.8 Å². The molecule has 0 aliphatic rings. The minimum absolute atomic E-state index is 0.335. The van der Waals surface area contributed by atoms with E-state index in [1.807, 2.05) is 25.1 Å². The maximum Gasteiger partial charge on any atom is 0.343 e. The average Bonchev–Trinajstić information content (AvgIpc) is 2.91. The van der Waals surface area contributed by atoms with Gasteiger partial charge in [0.25, 0.3) is 0 Å². The van der Waals surface area contributed by atoms with Gasteiger partial charge in [0, 0.05) is 10.5 Å². The van der Waals surface area contributed by atoms with Gasteiger partial charge in [0.15, 0.2) is 0 Å². The second-order valence-corrected chi connectivity index (χ2v) is 9.89. The predicted molar refractivity (Wildman–Crippen MR) is 149 cm³/mol. The Labute approximate surface area is 228 Å². The molecule has 0 heterocycles. The second kappa shape index (κ2) is 14.2. The van der Waals surface area contributed by atoms with E-state index in [-0.39, 0.29) is 5.97 Å². The van der Waals surface area contributed by atoms with E-state index in [0.717, 1.165) is 41.0 Å². The number of unbranched alkanes of at least 4 members (excludes halogenated alkanes) is 1. The van der Waals surface area contributed by atoms with E-state index >= 15 is 0 Å². The topological polar surface area (TPSA) is 78.9 Å². The maximum absolute atomic E-state index is 12.7. The zero-order chi connectivity index (χ0) is 27.5. The van der Waals surface area contributed by atoms with Crippen molar-refractivity contribution in [3.63, 3.8) is 0 Å². The van der Waals surface area contributed by atoms with Crippen molar-refractivity contribution in [2.75, 3.05) is 12.4 Å². The number of benzene rings is 3. The van der Waals surface area contributed by atoms with Crippen molar-refractivity contribution < 1.29 is 28.6 Å². The fourth-order valence-electron chi connectivity index (χ4n) is 3.40. The third-order valence-corrected chi connectivity index (χ3v) is 6.89. The smallest absolute Gasteiger partial charge is 0.343 e. The molecule has 0 spiro atoms. The van der Waals surface area contributed by atoms with Crippen LogP contribution in [-0.2, 0) is 16.0 Å². The first-order valence-electron chi connectivity index (χ1n) is 12.5. The van der Waals surface area contributed by atoms with Gasteiger partial charge in [-0.3, -0.25) is 0 Å². The van der Waals surface area contributed by atoms with Crippen molar-refractivity contribution in [1.29, 1.82) is 0 Å². The largest absolute Gasteiger partial charge is 0.462 e. The molecule has 3 rings (SSSR count). The van der Waals surface area contributed by atoms with Gasteiger partial charge in [-0.05, 0) is 105 Å². The number of carbonyl (C=O) groups excluding carboxylic acids is 3. The van der Waals surface area contributed by atoms with Crippen LogP contribution in [-0.4, -0.2) is 30.3 Å². The molecular formula is C31H32O6S. The molecule has 0 radical (unpaired) electrons. The van der Waals surface area contributed by atoms with Crippen LogP contribution in [0.15, 0.2) is 83.8 Å². The van der Waals surface area contributed by atoms with Gasteiger partial charge < -0.3 is 14.2 Å². The molecule has 3 aromatic rings. The normalized spacial score (nSPS) is 10.5. The Kier molecular flexibility index (Phi) is 10.7. The molecule has 6 nitrogen and oxygen atoms in total. The summed E-state index contributed by atoms with van der Waals surface area (Å²) in [5.41, 5.74) is 3.34. The summed E-state index contributed by atoms with van der Waals surface area (Å²) in [7, 11) is 0. The van der Waals surface area contributed by atoms with Crippen molar-refractivity contribution in [3.05, 3.63) is 101 Å². The van der Waals surface area contributed by atoms with Gasteiger partial charge in [0.05, 0.1) is 17.7 Å². The monoisotopic (exact) mass is 532 g/mol. The molecule has 0 saturated carbocycles. The fraction of sp³-hybridized carbons (Fsp3) is 0.258. The first kappa shape index (κ1) is 28.7. The summed E-state index contributed by atoms with van der Waals surface area (Å²) in [6.45, 7) is 9.58. The number of hydrogen-bond acceptors (Lipinski definition) is 7. The summed E-state index contributed by atoms with van der Waals surface area (Å²) in [5, 5.41) is 0. The van der Waals surface area contributed by atoms with Crippen LogP contribution in [0.3, 0.4) is 0 Å². The highest BCUT2D eigenvalue weighted by atomic mass is 32.2. The number of thioether (sulfide) groups is 1. The van der Waals surface area contributed by atoms with Crippen molar-refractivity contribution >= 4 is 29.7 Å². The lowest BCUT2D eigenvalue weighted by molar-refractivity contribution is -0.139. The highest BCUT2D eigenvalue weighted by Gasteiger charge is 2.13. The lowest BCUT2D eigenvalue weighted by Crippen LogP contribution is -2.10. The van der Waals surface area contributed by atoms with Gasteiger partial charge in [-0.2, -0.15) is 0 Å². The SMILES string of the molecule is C=C(C)C(=O)OCCCCSc1ccc(C(=O)Oc2ccc(C(=O)Oc3ccc(CC)cc3)cc2)cc1C. The first-order valence-corrected chi connectivity index (χ1v) is 13.4. The highest BCUT2D eigenvalue weighted by molar-refractivity contribution is 7.99. The van der Waals surface area contributed by atoms with Crippen LogP contribution in [0, 0.1) is 6.92 Å². The van der Waals surface area contributed by atoms with Crippen LogP contribution in [0.1, 0.15) is 58.5 Å². The van der Waals surface area contributed by atoms with Crippen LogP contribution in [0.4, 0.5) is 0 Å². The number of carbonyl (C=O) groups is 3. The molecule has 0 aromatic heterocycles. The summed E-state index contributed by atoms with van der Waals surface area (Å²) in [6.07, 6.45) is 2.58. The molecule has 7 heteroatoms. The highest BCUT2D eigenvalue weighted by Crippen LogP contribution is 2.25. The van der Waals surface area contributed by atoms with Crippen LogP contribution >= 0.6 is 11.8 Å². The molecule has 0 saturated heterocycles. The van der Waals surface area contributed by atoms with Crippen molar-refractivity contribution in [2.24, 2.45) is 0 Å². The van der Waals surface area contributed by atoms with Crippen molar-refractivity contribution in [1.82, 2.24) is 0 Å². The number of ether oxygens (including phenoxy) is 3. The second-order valence-electron chi connectivity index (χ2n) is 8.75. The summed E-state index contributed by atoms with van der Waals surface area (Å²) in [5.74, 6) is 0.363. The number of aryl methyl sites for hydroxylation is 2. The minimum atomic E-state index is -0.483. The Bertz CT molecular complexity index is 1280. The van der Waals surface area contributed by atoms with Gasteiger partial charge >= 0.3 is 17.9 Å². The lowest BCUT2D eigenvalue weighted by Gasteiger charge is -2.09. The molecule has 0 bridgehead atoms. The van der Waals surface area contributed by atoms with Crippen molar-refractivity contribution in [2.45, 2.75) is 44.9 Å². The third-order valence-electron chi connectivity index (χ3n) is 5.63. The van der Waals surface area contributed by atoms with E-state index in [1.165, 1.54) is 0 Å². The van der Waals surface area contributed by atoms with Crippen LogP contribution < -0.4 is 9.47 Å². The van der Waals surface area contributed by atoms with Crippen LogP contribution in [0.2, 0.25) is 0 Å². The minimum Gasteiger partial charge on any atom is -0.462 e. The zero-order valence-corrected chi connectivity index (χ0v) is 22.8. The first-order chi connectivity index (χ1) is 18.3. The number of rotatable bonds is 12. The maximum atomic E-state index is 12.7. The van der Waals surface area contributed by atoms with E-state index < -0.39 is 11.9 Å². The molecule has 198 valence electrons. The number of hydrogen-bond donors (Lipinski definition) is 0. The summed E-state index contributed by atoms with van der Waals surface area (Å²) in [4.78, 5) is 37.5. The zero-order valence-electron chi connectivity index (χ0n) is 22.0. The van der Waals surface area contributed by atoms with Gasteiger partial charge in [0.2, 0.25) is 0 Å². The van der Waals surface area contributed by atoms with Gasteiger partial charge in [-0.15, -0.1) is 11.8 Å². The van der Waals surface area contributed by atoms with E-state index in [2.05, 4.69) is 13.5 Å². The molecule has 0 N–H and O–H groups in total. The Morgan fingerprint density at radius 3 is 1.97 bits per heavy atom. The molecule has 3 aromatic carbocycles. The fourth-order valence-corrected chi connectivity index (χ4v) is 4.42. The molecule has 0 amide bonds. The summed E-state index contributed by atoms with van der Waals surface area (Å²) >= 11 is 1.69. The molecule has 38 heavy (non-hydrogen) atoms. The molecular weight excluding hydrogens is 500 g/mol. The number of esters is 3. The molecule has 0 atom stereocenters. The Morgan fingerprint density at radius 1 is 0.816 bits per heavy atom. The standard InChI is InChI=1S/C31H32O6S/c1-5-23-8-13-26(14-9-23)36-30(33)24-10-15-27(16-11-24)37-31(34)25-12-17-28(22(4)20-25)38-19-7-6-18-35-29(32)21(2)3/h8-17,20H,2,5-7,18-19H2,1,3-4H3. The van der Waals surface area contributed by atoms with E-state index in [9.17, 15) is 14.4 Å². The molecule has 0 aliphatic heterocycles. The Hall–Kier alpha value is -3.84. The third kappa shape index (κ3) is 8.63. The average molecular weight is 533 g/mol. The summed E-state index contributed by atoms with van der Waals surface area (Å²) < 4.78 is 16.0. The Morgan fingerprint density at radius 2 is 1.39 bits per heavy atom. The summed E-state index contributed by atoms with van der Waals surface area (Å²) in [6, 6.07) is 19.1. The van der Waals surface area contributed by atoms with E-state index in [4.69, 9.17) is 14.2 Å². The Balaban J connectivity index is 1.47. The predicted octanol–water partition coefficient (Wildman–Crippen LogP) is 6.99. The molecule has 0 aliphatic carbocycles. The van der Waals surface area contributed by atoms with Gasteiger partial charge in [-0.25, -0.2) is 14.4 Å². The van der Waals surface area contributed by atoms with Gasteiger partial charge in [0.1, 0.15) is 11.5 Å². The quantitative estimate of drug-likeness (QED) is 0.0818.